The second kappa shape index (κ2) is 10.9. The van der Waals surface area contributed by atoms with Gasteiger partial charge in [-0.3, -0.25) is 9.69 Å². The summed E-state index contributed by atoms with van der Waals surface area (Å²) >= 11 is 0. The molecule has 0 bridgehead atoms. The Morgan fingerprint density at radius 3 is 2.39 bits per heavy atom. The van der Waals surface area contributed by atoms with Gasteiger partial charge in [0.15, 0.2) is 5.82 Å². The number of rotatable bonds is 9. The number of ether oxygens (including phenoxy) is 2. The van der Waals surface area contributed by atoms with Crippen LogP contribution in [0.3, 0.4) is 0 Å². The van der Waals surface area contributed by atoms with Gasteiger partial charge in [0.25, 0.3) is 5.91 Å². The molecule has 1 fully saturated rings. The van der Waals surface area contributed by atoms with E-state index in [-0.39, 0.29) is 11.9 Å². The third-order valence-corrected chi connectivity index (χ3v) is 5.81. The maximum absolute atomic E-state index is 12.6. The molecule has 0 unspecified atom stereocenters. The molecule has 1 amide bonds. The van der Waals surface area contributed by atoms with E-state index in [0.717, 1.165) is 48.8 Å². The number of hydrogen-bond acceptors (Lipinski definition) is 7. The lowest BCUT2D eigenvalue weighted by Gasteiger charge is -2.31. The summed E-state index contributed by atoms with van der Waals surface area (Å²) in [6.07, 6.45) is 1.78. The molecule has 0 spiro atoms. The van der Waals surface area contributed by atoms with Crippen LogP contribution in [0.4, 0.5) is 0 Å². The van der Waals surface area contributed by atoms with E-state index in [0.29, 0.717) is 25.3 Å². The summed E-state index contributed by atoms with van der Waals surface area (Å²) in [7, 11) is 1.66. The molecule has 1 aromatic heterocycles. The lowest BCUT2D eigenvalue weighted by molar-refractivity contribution is 0.0907. The number of tetrazole rings is 1. The van der Waals surface area contributed by atoms with Gasteiger partial charge in [0.05, 0.1) is 26.8 Å². The number of benzene rings is 2. The zero-order valence-corrected chi connectivity index (χ0v) is 19.1. The van der Waals surface area contributed by atoms with Crippen molar-refractivity contribution in [3.63, 3.8) is 0 Å². The number of carbonyl (C=O) groups excluding carboxylic acids is 1. The summed E-state index contributed by atoms with van der Waals surface area (Å²) in [5.41, 5.74) is 1.76. The molecule has 1 N–H and O–H groups in total. The molecule has 9 nitrogen and oxygen atoms in total. The quantitative estimate of drug-likeness (QED) is 0.535. The largest absolute Gasteiger partial charge is 0.497 e. The molecule has 1 saturated heterocycles. The molecule has 1 aliphatic rings. The number of carbonyl (C=O) groups is 1. The molecule has 2 aromatic carbocycles. The van der Waals surface area contributed by atoms with Crippen molar-refractivity contribution in [3.8, 4) is 11.5 Å². The Bertz CT molecular complexity index is 1030. The Morgan fingerprint density at radius 1 is 1.03 bits per heavy atom. The third kappa shape index (κ3) is 6.07. The van der Waals surface area contributed by atoms with Crippen LogP contribution in [-0.2, 0) is 13.1 Å². The van der Waals surface area contributed by atoms with Crippen molar-refractivity contribution in [3.05, 3.63) is 65.5 Å². The lowest BCUT2D eigenvalue weighted by Crippen LogP contribution is -2.44. The van der Waals surface area contributed by atoms with E-state index in [1.165, 1.54) is 0 Å². The standard InChI is InChI=1S/C24H30N6O3/c1-3-33-22-10-6-19(7-11-22)24(31)25-20-12-14-29(15-13-20)17-23-26-27-28-30(23)16-18-4-8-21(32-2)9-5-18/h4-11,20H,3,12-17H2,1-2H3,(H,25,31). The predicted octanol–water partition coefficient (Wildman–Crippen LogP) is 2.52. The van der Waals surface area contributed by atoms with Crippen LogP contribution in [0.1, 0.15) is 41.5 Å². The van der Waals surface area contributed by atoms with Gasteiger partial charge in [-0.1, -0.05) is 12.1 Å². The number of piperidine rings is 1. The van der Waals surface area contributed by atoms with Gasteiger partial charge in [-0.25, -0.2) is 4.68 Å². The monoisotopic (exact) mass is 450 g/mol. The molecule has 1 aliphatic heterocycles. The summed E-state index contributed by atoms with van der Waals surface area (Å²) in [5, 5.41) is 15.4. The van der Waals surface area contributed by atoms with E-state index in [2.05, 4.69) is 25.7 Å². The van der Waals surface area contributed by atoms with Gasteiger partial charge in [0, 0.05) is 24.7 Å². The molecule has 174 valence electrons. The molecule has 9 heteroatoms. The normalized spacial score (nSPS) is 14.7. The maximum atomic E-state index is 12.6. The Morgan fingerprint density at radius 2 is 1.73 bits per heavy atom. The number of amides is 1. The highest BCUT2D eigenvalue weighted by molar-refractivity contribution is 5.94. The van der Waals surface area contributed by atoms with E-state index >= 15 is 0 Å². The van der Waals surface area contributed by atoms with Crippen LogP contribution >= 0.6 is 0 Å². The van der Waals surface area contributed by atoms with Crippen LogP contribution in [0, 0.1) is 0 Å². The first-order chi connectivity index (χ1) is 16.1. The van der Waals surface area contributed by atoms with Gasteiger partial charge in [0.1, 0.15) is 11.5 Å². The summed E-state index contributed by atoms with van der Waals surface area (Å²) in [4.78, 5) is 14.9. The maximum Gasteiger partial charge on any atom is 0.251 e. The van der Waals surface area contributed by atoms with E-state index < -0.39 is 0 Å². The first-order valence-corrected chi connectivity index (χ1v) is 11.3. The van der Waals surface area contributed by atoms with E-state index in [1.807, 2.05) is 48.0 Å². The van der Waals surface area contributed by atoms with Crippen molar-refractivity contribution in [2.45, 2.75) is 38.9 Å². The highest BCUT2D eigenvalue weighted by Crippen LogP contribution is 2.17. The average Bonchev–Trinajstić information content (AvgIpc) is 3.28. The second-order valence-corrected chi connectivity index (χ2v) is 8.08. The molecule has 0 atom stereocenters. The van der Waals surface area contributed by atoms with Crippen LogP contribution in [0.15, 0.2) is 48.5 Å². The Labute approximate surface area is 193 Å². The van der Waals surface area contributed by atoms with Crippen LogP contribution in [0.2, 0.25) is 0 Å². The molecule has 0 saturated carbocycles. The minimum absolute atomic E-state index is 0.0417. The molecule has 0 aliphatic carbocycles. The molecule has 3 aromatic rings. The SMILES string of the molecule is CCOc1ccc(C(=O)NC2CCN(Cc3nnnn3Cc3ccc(OC)cc3)CC2)cc1. The van der Waals surface area contributed by atoms with E-state index in [9.17, 15) is 4.79 Å². The van der Waals surface area contributed by atoms with Crippen molar-refractivity contribution in [1.82, 2.24) is 30.4 Å². The number of nitrogens with one attached hydrogen (secondary N) is 1. The lowest BCUT2D eigenvalue weighted by atomic mass is 10.0. The van der Waals surface area contributed by atoms with Gasteiger partial charge in [-0.15, -0.1) is 5.10 Å². The minimum Gasteiger partial charge on any atom is -0.497 e. The topological polar surface area (TPSA) is 94.4 Å². The molecular weight excluding hydrogens is 420 g/mol. The zero-order valence-electron chi connectivity index (χ0n) is 19.1. The third-order valence-electron chi connectivity index (χ3n) is 5.81. The molecule has 33 heavy (non-hydrogen) atoms. The summed E-state index contributed by atoms with van der Waals surface area (Å²) in [5.74, 6) is 2.40. The molecule has 2 heterocycles. The van der Waals surface area contributed by atoms with E-state index in [1.54, 1.807) is 19.2 Å². The van der Waals surface area contributed by atoms with Gasteiger partial charge >= 0.3 is 0 Å². The van der Waals surface area contributed by atoms with Crippen LogP contribution < -0.4 is 14.8 Å². The number of hydrogen-bond donors (Lipinski definition) is 1. The highest BCUT2D eigenvalue weighted by Gasteiger charge is 2.23. The van der Waals surface area contributed by atoms with Gasteiger partial charge < -0.3 is 14.8 Å². The van der Waals surface area contributed by atoms with Crippen LogP contribution in [-0.4, -0.2) is 63.9 Å². The van der Waals surface area contributed by atoms with E-state index in [4.69, 9.17) is 9.47 Å². The number of methoxy groups -OCH3 is 1. The second-order valence-electron chi connectivity index (χ2n) is 8.08. The molecular formula is C24H30N6O3. The average molecular weight is 451 g/mol. The summed E-state index contributed by atoms with van der Waals surface area (Å²) in [6.45, 7) is 5.60. The van der Waals surface area contributed by atoms with Crippen molar-refractivity contribution in [2.24, 2.45) is 0 Å². The Hall–Kier alpha value is -3.46. The smallest absolute Gasteiger partial charge is 0.251 e. The molecule has 4 rings (SSSR count). The van der Waals surface area contributed by atoms with Crippen molar-refractivity contribution >= 4 is 5.91 Å². The fourth-order valence-electron chi connectivity index (χ4n) is 3.94. The Kier molecular flexibility index (Phi) is 7.51. The zero-order chi connectivity index (χ0) is 23.0. The number of aromatic nitrogens is 4. The van der Waals surface area contributed by atoms with Gasteiger partial charge in [0.2, 0.25) is 0 Å². The predicted molar refractivity (Wildman–Crippen MR) is 123 cm³/mol. The van der Waals surface area contributed by atoms with Crippen LogP contribution in [0.25, 0.3) is 0 Å². The highest BCUT2D eigenvalue weighted by atomic mass is 16.5. The van der Waals surface area contributed by atoms with Crippen LogP contribution in [0.5, 0.6) is 11.5 Å². The van der Waals surface area contributed by atoms with Crippen molar-refractivity contribution in [1.29, 1.82) is 0 Å². The Balaban J connectivity index is 1.26. The van der Waals surface area contributed by atoms with Gasteiger partial charge in [-0.05, 0) is 72.2 Å². The number of likely N-dealkylation sites (tertiary alicyclic amines) is 1. The fourth-order valence-corrected chi connectivity index (χ4v) is 3.94. The fraction of sp³-hybridized carbons (Fsp3) is 0.417. The van der Waals surface area contributed by atoms with Crippen molar-refractivity contribution in [2.75, 3.05) is 26.8 Å². The minimum atomic E-state index is -0.0417. The number of nitrogens with zero attached hydrogens (tertiary/aromatic N) is 5. The molecule has 0 radical (unpaired) electrons. The van der Waals surface area contributed by atoms with Gasteiger partial charge in [-0.2, -0.15) is 0 Å². The first-order valence-electron chi connectivity index (χ1n) is 11.3. The van der Waals surface area contributed by atoms with Crippen molar-refractivity contribution < 1.29 is 14.3 Å². The summed E-state index contributed by atoms with van der Waals surface area (Å²) < 4.78 is 12.5. The summed E-state index contributed by atoms with van der Waals surface area (Å²) in [6, 6.07) is 15.3. The first kappa shape index (κ1) is 22.7.